The molecule has 4 rings (SSSR count). The fourth-order valence-corrected chi connectivity index (χ4v) is 4.45. The van der Waals surface area contributed by atoms with Crippen LogP contribution in [0.5, 0.6) is 0 Å². The molecular weight excluding hydrogens is 373 g/mol. The smallest absolute Gasteiger partial charge is 0.235 e. The number of nitrogens with zero attached hydrogens (tertiary/aromatic N) is 2. The Bertz CT molecular complexity index is 987. The molecule has 1 aliphatic heterocycles. The maximum atomic E-state index is 13.3. The summed E-state index contributed by atoms with van der Waals surface area (Å²) in [7, 11) is 0. The minimum Gasteiger partial charge on any atom is -0.310 e. The first-order valence-corrected chi connectivity index (χ1v) is 9.48. The van der Waals surface area contributed by atoms with E-state index in [-0.39, 0.29) is 17.0 Å². The molecule has 4 nitrogen and oxygen atoms in total. The van der Waals surface area contributed by atoms with E-state index in [2.05, 4.69) is 10.4 Å². The molecule has 132 valence electrons. The van der Waals surface area contributed by atoms with Crippen molar-refractivity contribution < 1.29 is 9.18 Å². The van der Waals surface area contributed by atoms with Gasteiger partial charge in [-0.15, -0.1) is 11.8 Å². The molecule has 1 aromatic heterocycles. The predicted molar refractivity (Wildman–Crippen MR) is 103 cm³/mol. The van der Waals surface area contributed by atoms with Gasteiger partial charge in [0.25, 0.3) is 0 Å². The molecule has 0 saturated carbocycles. The summed E-state index contributed by atoms with van der Waals surface area (Å²) in [6.45, 7) is 1.91. The maximum Gasteiger partial charge on any atom is 0.235 e. The van der Waals surface area contributed by atoms with Crippen molar-refractivity contribution in [3.8, 4) is 5.69 Å². The highest BCUT2D eigenvalue weighted by atomic mass is 35.5. The zero-order valence-corrected chi connectivity index (χ0v) is 15.4. The van der Waals surface area contributed by atoms with Gasteiger partial charge in [0.2, 0.25) is 5.91 Å². The standard InChI is InChI=1S/C19H15ClFN3OS/c1-11-17-18(12-5-7-14(21)8-6-12)26-10-16(25)22-19(17)24(23-11)15-4-2-3-13(20)9-15/h2-9,18H,10H2,1H3,(H,22,25). The molecule has 1 amide bonds. The van der Waals surface area contributed by atoms with Crippen LogP contribution in [0.1, 0.15) is 22.1 Å². The van der Waals surface area contributed by atoms with Crippen molar-refractivity contribution in [1.82, 2.24) is 9.78 Å². The number of carbonyl (C=O) groups excluding carboxylic acids is 1. The SMILES string of the molecule is Cc1nn(-c2cccc(Cl)c2)c2c1C(c1ccc(F)cc1)SCC(=O)N2. The summed E-state index contributed by atoms with van der Waals surface area (Å²) in [4.78, 5) is 12.3. The number of rotatable bonds is 2. The summed E-state index contributed by atoms with van der Waals surface area (Å²) in [6.07, 6.45) is 0. The summed E-state index contributed by atoms with van der Waals surface area (Å²) in [6, 6.07) is 13.7. The number of carbonyl (C=O) groups is 1. The lowest BCUT2D eigenvalue weighted by Crippen LogP contribution is -2.15. The first-order chi connectivity index (χ1) is 12.5. The van der Waals surface area contributed by atoms with Crippen LogP contribution in [0, 0.1) is 12.7 Å². The summed E-state index contributed by atoms with van der Waals surface area (Å²) in [5.74, 6) is 0.567. The molecule has 0 radical (unpaired) electrons. The normalized spacial score (nSPS) is 16.7. The average molecular weight is 388 g/mol. The average Bonchev–Trinajstić information content (AvgIpc) is 2.82. The molecule has 0 spiro atoms. The van der Waals surface area contributed by atoms with E-state index in [0.29, 0.717) is 16.6 Å². The topological polar surface area (TPSA) is 46.9 Å². The van der Waals surface area contributed by atoms with Crippen molar-refractivity contribution in [2.24, 2.45) is 0 Å². The molecule has 1 aliphatic rings. The van der Waals surface area contributed by atoms with Crippen LogP contribution in [0.2, 0.25) is 5.02 Å². The van der Waals surface area contributed by atoms with Gasteiger partial charge in [-0.25, -0.2) is 9.07 Å². The van der Waals surface area contributed by atoms with Crippen molar-refractivity contribution in [3.05, 3.63) is 76.2 Å². The summed E-state index contributed by atoms with van der Waals surface area (Å²) in [5.41, 5.74) is 3.44. The highest BCUT2D eigenvalue weighted by Gasteiger charge is 2.30. The van der Waals surface area contributed by atoms with Crippen molar-refractivity contribution in [1.29, 1.82) is 0 Å². The molecule has 0 saturated heterocycles. The number of anilines is 1. The van der Waals surface area contributed by atoms with Crippen LogP contribution in [0.25, 0.3) is 5.69 Å². The number of benzene rings is 2. The fourth-order valence-electron chi connectivity index (χ4n) is 3.08. The molecular formula is C19H15ClFN3OS. The van der Waals surface area contributed by atoms with Gasteiger partial charge in [0, 0.05) is 10.6 Å². The van der Waals surface area contributed by atoms with Gasteiger partial charge < -0.3 is 5.32 Å². The van der Waals surface area contributed by atoms with Gasteiger partial charge in [0.1, 0.15) is 11.6 Å². The Kier molecular flexibility index (Phi) is 4.46. The minimum absolute atomic E-state index is 0.0935. The van der Waals surface area contributed by atoms with E-state index in [4.69, 9.17) is 11.6 Å². The van der Waals surface area contributed by atoms with Crippen molar-refractivity contribution >= 4 is 35.1 Å². The van der Waals surface area contributed by atoms with E-state index in [1.165, 1.54) is 23.9 Å². The Morgan fingerprint density at radius 3 is 2.77 bits per heavy atom. The summed E-state index contributed by atoms with van der Waals surface area (Å²) in [5, 5.41) is 8.07. The lowest BCUT2D eigenvalue weighted by atomic mass is 10.0. The molecule has 1 unspecified atom stereocenters. The van der Waals surface area contributed by atoms with E-state index >= 15 is 0 Å². The number of amides is 1. The number of aryl methyl sites for hydroxylation is 1. The van der Waals surface area contributed by atoms with Crippen LogP contribution in [0.3, 0.4) is 0 Å². The van der Waals surface area contributed by atoms with Crippen molar-refractivity contribution in [2.75, 3.05) is 11.1 Å². The minimum atomic E-state index is -0.284. The number of hydrogen-bond donors (Lipinski definition) is 1. The number of fused-ring (bicyclic) bond motifs is 1. The second kappa shape index (κ2) is 6.78. The molecule has 7 heteroatoms. The molecule has 0 bridgehead atoms. The number of aromatic nitrogens is 2. The number of nitrogens with one attached hydrogen (secondary N) is 1. The van der Waals surface area contributed by atoms with Gasteiger partial charge in [-0.2, -0.15) is 5.10 Å². The zero-order valence-electron chi connectivity index (χ0n) is 13.9. The second-order valence-electron chi connectivity index (χ2n) is 6.03. The lowest BCUT2D eigenvalue weighted by molar-refractivity contribution is -0.113. The zero-order chi connectivity index (χ0) is 18.3. The largest absolute Gasteiger partial charge is 0.310 e. The van der Waals surface area contributed by atoms with Crippen LogP contribution < -0.4 is 5.32 Å². The van der Waals surface area contributed by atoms with Crippen LogP contribution >= 0.6 is 23.4 Å². The first-order valence-electron chi connectivity index (χ1n) is 8.05. The van der Waals surface area contributed by atoms with E-state index in [1.807, 2.05) is 19.1 Å². The maximum absolute atomic E-state index is 13.3. The molecule has 26 heavy (non-hydrogen) atoms. The van der Waals surface area contributed by atoms with E-state index < -0.39 is 0 Å². The molecule has 1 atom stereocenters. The molecule has 2 aromatic carbocycles. The van der Waals surface area contributed by atoms with Crippen molar-refractivity contribution in [2.45, 2.75) is 12.2 Å². The van der Waals surface area contributed by atoms with E-state index in [9.17, 15) is 9.18 Å². The Balaban J connectivity index is 1.89. The van der Waals surface area contributed by atoms with Crippen LogP contribution in [0.4, 0.5) is 10.2 Å². The van der Waals surface area contributed by atoms with E-state index in [1.54, 1.807) is 28.9 Å². The second-order valence-corrected chi connectivity index (χ2v) is 7.56. The van der Waals surface area contributed by atoms with E-state index in [0.717, 1.165) is 22.5 Å². The van der Waals surface area contributed by atoms with Gasteiger partial charge in [-0.05, 0) is 42.8 Å². The molecule has 0 fully saturated rings. The highest BCUT2D eigenvalue weighted by Crippen LogP contribution is 2.43. The predicted octanol–water partition coefficient (Wildman–Crippen LogP) is 4.75. The van der Waals surface area contributed by atoms with Crippen molar-refractivity contribution in [3.63, 3.8) is 0 Å². The Morgan fingerprint density at radius 2 is 2.04 bits per heavy atom. The third-order valence-corrected chi connectivity index (χ3v) is 5.74. The molecule has 0 aliphatic carbocycles. The first kappa shape index (κ1) is 17.1. The van der Waals surface area contributed by atoms with Gasteiger partial charge in [-0.1, -0.05) is 29.8 Å². The third-order valence-electron chi connectivity index (χ3n) is 4.23. The van der Waals surface area contributed by atoms with Crippen LogP contribution in [-0.4, -0.2) is 21.4 Å². The van der Waals surface area contributed by atoms with Gasteiger partial charge in [0.15, 0.2) is 0 Å². The number of thioether (sulfide) groups is 1. The quantitative estimate of drug-likeness (QED) is 0.690. The number of halogens is 2. The molecule has 2 heterocycles. The number of hydrogen-bond acceptors (Lipinski definition) is 3. The molecule has 3 aromatic rings. The van der Waals surface area contributed by atoms with Crippen LogP contribution in [-0.2, 0) is 4.79 Å². The molecule has 1 N–H and O–H groups in total. The van der Waals surface area contributed by atoms with Gasteiger partial charge in [-0.3, -0.25) is 4.79 Å². The third kappa shape index (κ3) is 3.10. The highest BCUT2D eigenvalue weighted by molar-refractivity contribution is 8.00. The monoisotopic (exact) mass is 387 g/mol. The van der Waals surface area contributed by atoms with Crippen LogP contribution in [0.15, 0.2) is 48.5 Å². The Morgan fingerprint density at radius 1 is 1.27 bits per heavy atom. The Hall–Kier alpha value is -2.31. The van der Waals surface area contributed by atoms with Gasteiger partial charge >= 0.3 is 0 Å². The Labute approximate surface area is 159 Å². The summed E-state index contributed by atoms with van der Waals surface area (Å²) >= 11 is 7.62. The summed E-state index contributed by atoms with van der Waals surface area (Å²) < 4.78 is 15.0. The fraction of sp³-hybridized carbons (Fsp3) is 0.158. The lowest BCUT2D eigenvalue weighted by Gasteiger charge is -2.15. The van der Waals surface area contributed by atoms with Gasteiger partial charge in [0.05, 0.1) is 22.4 Å².